The van der Waals surface area contributed by atoms with Gasteiger partial charge in [0.1, 0.15) is 0 Å². The summed E-state index contributed by atoms with van der Waals surface area (Å²) in [4.78, 5) is 18.7. The van der Waals surface area contributed by atoms with Crippen LogP contribution in [0, 0.1) is 0 Å². The second kappa shape index (κ2) is 5.97. The van der Waals surface area contributed by atoms with E-state index in [0.29, 0.717) is 12.0 Å². The number of aliphatic hydroxyl groups excluding tert-OH is 1. The molecule has 1 aromatic heterocycles. The highest BCUT2D eigenvalue weighted by molar-refractivity contribution is 5.94. The summed E-state index contributed by atoms with van der Waals surface area (Å²) in [6.07, 6.45) is 3.77. The molecule has 5 nitrogen and oxygen atoms in total. The molecule has 0 aliphatic heterocycles. The minimum atomic E-state index is -0.321. The number of nitrogens with zero attached hydrogens (tertiary/aromatic N) is 1. The van der Waals surface area contributed by atoms with Crippen LogP contribution in [0.3, 0.4) is 0 Å². The highest BCUT2D eigenvalue weighted by Crippen LogP contribution is 2.02. The van der Waals surface area contributed by atoms with E-state index in [1.54, 1.807) is 36.8 Å². The zero-order valence-corrected chi connectivity index (χ0v) is 9.84. The lowest BCUT2D eigenvalue weighted by Crippen LogP contribution is -2.39. The Morgan fingerprint density at radius 1 is 1.39 bits per heavy atom. The van der Waals surface area contributed by atoms with Crippen LogP contribution >= 0.6 is 0 Å². The Labute approximate surface area is 105 Å². The number of carbonyl (C=O) groups excluding carboxylic acids is 1. The first kappa shape index (κ1) is 12.3. The van der Waals surface area contributed by atoms with E-state index in [1.165, 1.54) is 0 Å². The van der Waals surface area contributed by atoms with Crippen molar-refractivity contribution in [3.63, 3.8) is 0 Å². The second-order valence-electron chi connectivity index (χ2n) is 4.00. The summed E-state index contributed by atoms with van der Waals surface area (Å²) in [6.45, 7) is -0.113. The summed E-state index contributed by atoms with van der Waals surface area (Å²) in [5.41, 5.74) is 1.46. The Kier molecular flexibility index (Phi) is 4.09. The Morgan fingerprint density at radius 3 is 2.78 bits per heavy atom. The van der Waals surface area contributed by atoms with Crippen molar-refractivity contribution in [2.75, 3.05) is 6.61 Å². The molecule has 0 unspecified atom stereocenters. The van der Waals surface area contributed by atoms with E-state index in [-0.39, 0.29) is 18.6 Å². The third kappa shape index (κ3) is 3.18. The lowest BCUT2D eigenvalue weighted by molar-refractivity contribution is 0.0916. The summed E-state index contributed by atoms with van der Waals surface area (Å²) < 4.78 is 0. The third-order valence-electron chi connectivity index (χ3n) is 2.61. The Bertz CT molecular complexity index is 482. The highest BCUT2D eigenvalue weighted by Gasteiger charge is 2.13. The molecule has 2 rings (SSSR count). The molecule has 0 fully saturated rings. The summed E-state index contributed by atoms with van der Waals surface area (Å²) in [5.74, 6) is -0.186. The molecule has 1 aromatic carbocycles. The number of hydrogen-bond donors (Lipinski definition) is 3. The summed E-state index contributed by atoms with van der Waals surface area (Å²) in [5, 5.41) is 12.1. The normalized spacial score (nSPS) is 12.1. The van der Waals surface area contributed by atoms with E-state index in [2.05, 4.69) is 15.3 Å². The Balaban J connectivity index is 1.96. The van der Waals surface area contributed by atoms with Crippen molar-refractivity contribution in [3.8, 4) is 0 Å². The van der Waals surface area contributed by atoms with Crippen LogP contribution in [0.25, 0.3) is 0 Å². The topological polar surface area (TPSA) is 78.0 Å². The van der Waals surface area contributed by atoms with Crippen LogP contribution in [0.15, 0.2) is 42.9 Å². The molecule has 0 saturated carbocycles. The highest BCUT2D eigenvalue weighted by atomic mass is 16.3. The molecule has 1 atom stereocenters. The number of H-pyrrole nitrogens is 1. The van der Waals surface area contributed by atoms with Gasteiger partial charge in [-0.1, -0.05) is 18.2 Å². The number of imidazole rings is 1. The van der Waals surface area contributed by atoms with Crippen molar-refractivity contribution in [1.29, 1.82) is 0 Å². The maximum atomic E-state index is 11.9. The van der Waals surface area contributed by atoms with Gasteiger partial charge in [-0.2, -0.15) is 0 Å². The zero-order valence-electron chi connectivity index (χ0n) is 9.84. The fourth-order valence-electron chi connectivity index (χ4n) is 1.68. The summed E-state index contributed by atoms with van der Waals surface area (Å²) >= 11 is 0. The average molecular weight is 245 g/mol. The first-order valence-electron chi connectivity index (χ1n) is 5.73. The quantitative estimate of drug-likeness (QED) is 0.727. The molecule has 0 bridgehead atoms. The number of carbonyl (C=O) groups is 1. The number of nitrogens with one attached hydrogen (secondary N) is 2. The van der Waals surface area contributed by atoms with Gasteiger partial charge in [0, 0.05) is 23.9 Å². The van der Waals surface area contributed by atoms with Gasteiger partial charge < -0.3 is 15.4 Å². The van der Waals surface area contributed by atoms with Gasteiger partial charge in [0.2, 0.25) is 0 Å². The average Bonchev–Trinajstić information content (AvgIpc) is 2.91. The van der Waals surface area contributed by atoms with Crippen molar-refractivity contribution in [2.24, 2.45) is 0 Å². The predicted molar refractivity (Wildman–Crippen MR) is 67.1 cm³/mol. The number of hydrogen-bond acceptors (Lipinski definition) is 3. The molecule has 1 amide bonds. The second-order valence-corrected chi connectivity index (χ2v) is 4.00. The number of aromatic nitrogens is 2. The molecule has 0 spiro atoms. The molecule has 1 heterocycles. The number of aliphatic hydroxyl groups is 1. The molecule has 0 radical (unpaired) electrons. The number of rotatable bonds is 5. The summed E-state index contributed by atoms with van der Waals surface area (Å²) in [7, 11) is 0. The minimum Gasteiger partial charge on any atom is -0.394 e. The molecule has 5 heteroatoms. The van der Waals surface area contributed by atoms with Crippen LogP contribution in [0.4, 0.5) is 0 Å². The van der Waals surface area contributed by atoms with Crippen molar-refractivity contribution in [3.05, 3.63) is 54.1 Å². The van der Waals surface area contributed by atoms with Gasteiger partial charge >= 0.3 is 0 Å². The summed E-state index contributed by atoms with van der Waals surface area (Å²) in [6, 6.07) is 8.61. The predicted octanol–water partition coefficient (Wildman–Crippen LogP) is 0.743. The molecule has 0 aliphatic carbocycles. The van der Waals surface area contributed by atoms with Gasteiger partial charge in [0.05, 0.1) is 19.0 Å². The van der Waals surface area contributed by atoms with Crippen molar-refractivity contribution < 1.29 is 9.90 Å². The molecule has 18 heavy (non-hydrogen) atoms. The van der Waals surface area contributed by atoms with Crippen LogP contribution in [0.5, 0.6) is 0 Å². The number of amides is 1. The number of aromatic amines is 1. The smallest absolute Gasteiger partial charge is 0.251 e. The first-order valence-corrected chi connectivity index (χ1v) is 5.73. The van der Waals surface area contributed by atoms with Crippen LogP contribution in [-0.4, -0.2) is 33.6 Å². The molecule has 94 valence electrons. The van der Waals surface area contributed by atoms with Gasteiger partial charge in [-0.05, 0) is 12.1 Å². The molecule has 3 N–H and O–H groups in total. The fourth-order valence-corrected chi connectivity index (χ4v) is 1.68. The monoisotopic (exact) mass is 245 g/mol. The first-order chi connectivity index (χ1) is 8.79. The maximum absolute atomic E-state index is 11.9. The molecule has 2 aromatic rings. The Morgan fingerprint density at radius 2 is 2.17 bits per heavy atom. The van der Waals surface area contributed by atoms with Crippen LogP contribution in [0.1, 0.15) is 16.1 Å². The molecule has 0 aliphatic rings. The molecular weight excluding hydrogens is 230 g/mol. The third-order valence-corrected chi connectivity index (χ3v) is 2.61. The lowest BCUT2D eigenvalue weighted by Gasteiger charge is -2.15. The van der Waals surface area contributed by atoms with Crippen molar-refractivity contribution in [2.45, 2.75) is 12.5 Å². The van der Waals surface area contributed by atoms with Gasteiger partial charge in [0.15, 0.2) is 0 Å². The standard InChI is InChI=1S/C13H15N3O2/c17-8-12(6-11-7-14-9-15-11)16-13(18)10-4-2-1-3-5-10/h1-5,7,9,12,17H,6,8H2,(H,14,15)(H,16,18)/t12-/m1/s1. The van der Waals surface area contributed by atoms with Gasteiger partial charge in [0.25, 0.3) is 5.91 Å². The van der Waals surface area contributed by atoms with Gasteiger partial charge in [-0.25, -0.2) is 4.98 Å². The van der Waals surface area contributed by atoms with E-state index in [1.807, 2.05) is 6.07 Å². The zero-order chi connectivity index (χ0) is 12.8. The van der Waals surface area contributed by atoms with Crippen LogP contribution < -0.4 is 5.32 Å². The Hall–Kier alpha value is -2.14. The van der Waals surface area contributed by atoms with E-state index >= 15 is 0 Å². The van der Waals surface area contributed by atoms with E-state index in [4.69, 9.17) is 0 Å². The maximum Gasteiger partial charge on any atom is 0.251 e. The molecule has 0 saturated heterocycles. The lowest BCUT2D eigenvalue weighted by atomic mass is 10.1. The van der Waals surface area contributed by atoms with Crippen molar-refractivity contribution >= 4 is 5.91 Å². The SMILES string of the molecule is O=C(N[C@@H](CO)Cc1cnc[nH]1)c1ccccc1. The van der Waals surface area contributed by atoms with E-state index in [0.717, 1.165) is 5.69 Å². The van der Waals surface area contributed by atoms with Crippen LogP contribution in [0.2, 0.25) is 0 Å². The minimum absolute atomic E-state index is 0.113. The van der Waals surface area contributed by atoms with Crippen molar-refractivity contribution in [1.82, 2.24) is 15.3 Å². The fraction of sp³-hybridized carbons (Fsp3) is 0.231. The van der Waals surface area contributed by atoms with Crippen LogP contribution in [-0.2, 0) is 6.42 Å². The molecular formula is C13H15N3O2. The largest absolute Gasteiger partial charge is 0.394 e. The van der Waals surface area contributed by atoms with Gasteiger partial charge in [-0.15, -0.1) is 0 Å². The number of benzene rings is 1. The van der Waals surface area contributed by atoms with E-state index < -0.39 is 0 Å². The van der Waals surface area contributed by atoms with E-state index in [9.17, 15) is 9.90 Å². The van der Waals surface area contributed by atoms with Gasteiger partial charge in [-0.3, -0.25) is 4.79 Å².